The van der Waals surface area contributed by atoms with E-state index in [2.05, 4.69) is 27.7 Å². The van der Waals surface area contributed by atoms with Crippen molar-refractivity contribution in [3.8, 4) is 11.5 Å². The van der Waals surface area contributed by atoms with Crippen LogP contribution in [-0.4, -0.2) is 35.2 Å². The van der Waals surface area contributed by atoms with Gasteiger partial charge in [-0.3, -0.25) is 0 Å². The van der Waals surface area contributed by atoms with Crippen molar-refractivity contribution >= 4 is 29.3 Å². The van der Waals surface area contributed by atoms with Gasteiger partial charge in [-0.2, -0.15) is 0 Å². The van der Waals surface area contributed by atoms with Gasteiger partial charge in [0.1, 0.15) is 0 Å². The van der Waals surface area contributed by atoms with Crippen molar-refractivity contribution in [2.75, 3.05) is 0 Å². The van der Waals surface area contributed by atoms with Crippen LogP contribution in [0.25, 0.3) is 0 Å². The number of rotatable bonds is 16. The van der Waals surface area contributed by atoms with Crippen molar-refractivity contribution in [2.45, 2.75) is 114 Å². The third-order valence-electron chi connectivity index (χ3n) is 8.15. The van der Waals surface area contributed by atoms with Crippen LogP contribution in [0.5, 0.6) is 11.5 Å². The van der Waals surface area contributed by atoms with E-state index in [1.807, 2.05) is 60.7 Å². The van der Waals surface area contributed by atoms with Crippen LogP contribution >= 0.6 is 0 Å². The third kappa shape index (κ3) is 7.81. The van der Waals surface area contributed by atoms with Gasteiger partial charge in [-0.05, 0) is 0 Å². The molecule has 1 aliphatic heterocycles. The molecule has 0 radical (unpaired) electrons. The maximum absolute atomic E-state index is 7.74. The van der Waals surface area contributed by atoms with Gasteiger partial charge < -0.3 is 0 Å². The fourth-order valence-corrected chi connectivity index (χ4v) is 102. The van der Waals surface area contributed by atoms with E-state index >= 15 is 0 Å². The molecule has 3 rings (SSSR count). The summed E-state index contributed by atoms with van der Waals surface area (Å²) in [6.07, 6.45) is 11.4. The zero-order valence-corrected chi connectivity index (χ0v) is 29.1. The summed E-state index contributed by atoms with van der Waals surface area (Å²) in [5.41, 5.74) is 0. The summed E-state index contributed by atoms with van der Waals surface area (Å²) in [5, 5.41) is 0. The first-order chi connectivity index (χ1) is 17.6. The Bertz CT molecular complexity index is 801. The third-order valence-corrected chi connectivity index (χ3v) is 96.1. The molecule has 0 saturated carbocycles. The molecule has 1 aliphatic rings. The van der Waals surface area contributed by atoms with Gasteiger partial charge in [0.15, 0.2) is 0 Å². The van der Waals surface area contributed by atoms with Crippen molar-refractivity contribution in [1.82, 2.24) is 0 Å². The van der Waals surface area contributed by atoms with E-state index < -0.39 is 35.2 Å². The van der Waals surface area contributed by atoms with Crippen molar-refractivity contribution in [3.05, 3.63) is 60.7 Å². The molecule has 0 N–H and O–H groups in total. The first kappa shape index (κ1) is 30.1. The Morgan fingerprint density at radius 2 is 1.06 bits per heavy atom. The molecule has 0 unspecified atom stereocenters. The van der Waals surface area contributed by atoms with E-state index in [0.717, 1.165) is 17.9 Å². The summed E-state index contributed by atoms with van der Waals surface area (Å²) >= 11 is -5.66. The molecule has 36 heavy (non-hydrogen) atoms. The van der Waals surface area contributed by atoms with E-state index in [4.69, 9.17) is 12.5 Å². The topological polar surface area (TPSA) is 27.7 Å². The number of hydrogen-bond donors (Lipinski definition) is 0. The fourth-order valence-electron chi connectivity index (χ4n) is 6.12. The second-order valence-corrected chi connectivity index (χ2v) is 69.3. The SMILES string of the molecule is CCC[CH2][Sn]1([CH2]CCC)[CH2]CC(Oc2ccccc2)(Oc2ccccc2)[O][Sn]1([CH2]CCC)[CH2]CCC. The van der Waals surface area contributed by atoms with Crippen LogP contribution in [0, 0.1) is 0 Å². The Labute approximate surface area is 226 Å². The van der Waals surface area contributed by atoms with Crippen LogP contribution in [0.4, 0.5) is 0 Å². The molecule has 1 fully saturated rings. The molecule has 200 valence electrons. The Balaban J connectivity index is 2.09. The predicted octanol–water partition coefficient (Wildman–Crippen LogP) is 9.89. The van der Waals surface area contributed by atoms with Gasteiger partial charge in [0.05, 0.1) is 0 Å². The fraction of sp³-hybridized carbons (Fsp3) is 0.613. The summed E-state index contributed by atoms with van der Waals surface area (Å²) in [6, 6.07) is 20.5. The molecule has 0 spiro atoms. The van der Waals surface area contributed by atoms with Crippen LogP contribution in [-0.2, 0) is 3.07 Å². The molecule has 0 aromatic heterocycles. The number of para-hydroxylation sites is 2. The molecular weight excluding hydrogens is 658 g/mol. The van der Waals surface area contributed by atoms with Crippen LogP contribution in [0.15, 0.2) is 60.7 Å². The minimum absolute atomic E-state index is 0.851. The van der Waals surface area contributed by atoms with Gasteiger partial charge in [-0.25, -0.2) is 0 Å². The monoisotopic (exact) mass is 710 g/mol. The molecule has 2 aromatic carbocycles. The van der Waals surface area contributed by atoms with E-state index in [0.29, 0.717) is 0 Å². The van der Waals surface area contributed by atoms with E-state index in [1.54, 1.807) is 0 Å². The first-order valence-electron chi connectivity index (χ1n) is 14.7. The number of benzene rings is 2. The van der Waals surface area contributed by atoms with Crippen LogP contribution in [0.1, 0.15) is 85.5 Å². The Morgan fingerprint density at radius 1 is 0.639 bits per heavy atom. The Kier molecular flexibility index (Phi) is 12.8. The van der Waals surface area contributed by atoms with Crippen molar-refractivity contribution in [2.24, 2.45) is 0 Å². The minimum atomic E-state index is -3.09. The molecule has 5 heteroatoms. The van der Waals surface area contributed by atoms with Crippen molar-refractivity contribution in [1.29, 1.82) is 0 Å². The first-order valence-corrected chi connectivity index (χ1v) is 37.0. The summed E-state index contributed by atoms with van der Waals surface area (Å²) in [7, 11) is 0. The van der Waals surface area contributed by atoms with Gasteiger partial charge in [0.2, 0.25) is 0 Å². The van der Waals surface area contributed by atoms with Crippen LogP contribution < -0.4 is 9.47 Å². The van der Waals surface area contributed by atoms with E-state index in [-0.39, 0.29) is 0 Å². The summed E-state index contributed by atoms with van der Waals surface area (Å²) in [4.78, 5) is 0. The molecule has 0 atom stereocenters. The van der Waals surface area contributed by atoms with Crippen molar-refractivity contribution in [3.63, 3.8) is 0 Å². The quantitative estimate of drug-likeness (QED) is 0.128. The Morgan fingerprint density at radius 3 is 1.47 bits per heavy atom. The second kappa shape index (κ2) is 15.3. The van der Waals surface area contributed by atoms with Gasteiger partial charge >= 0.3 is 228 Å². The standard InChI is InChI=1S/C15H14O3.4C4H9.2Sn/c1-2-15(16,17-13-9-5-3-6-10-13)18-14-11-7-4-8-12-14;4*1-3-4-2;;/h3-12H,1-2H2;4*1,3-4H2,2H3;;/q-1;;;;;;+1. The zero-order chi connectivity index (χ0) is 25.7. The Hall–Kier alpha value is -0.403. The van der Waals surface area contributed by atoms with Gasteiger partial charge in [-0.15, -0.1) is 0 Å². The number of hydrogen-bond acceptors (Lipinski definition) is 3. The normalized spacial score (nSPS) is 18.0. The molecule has 2 aromatic rings. The molecule has 1 heterocycles. The van der Waals surface area contributed by atoms with Gasteiger partial charge in [0, 0.05) is 0 Å². The average Bonchev–Trinajstić information content (AvgIpc) is 2.91. The van der Waals surface area contributed by atoms with Gasteiger partial charge in [0.25, 0.3) is 0 Å². The molecule has 3 nitrogen and oxygen atoms in total. The summed E-state index contributed by atoms with van der Waals surface area (Å²) < 4.78 is 28.5. The van der Waals surface area contributed by atoms with Crippen LogP contribution in [0.2, 0.25) is 22.2 Å². The second-order valence-electron chi connectivity index (χ2n) is 10.8. The summed E-state index contributed by atoms with van der Waals surface area (Å²) in [6.45, 7) is 9.46. The number of unbranched alkanes of at least 4 members (excludes halogenated alkanes) is 4. The zero-order valence-electron chi connectivity index (χ0n) is 23.4. The molecule has 0 amide bonds. The van der Waals surface area contributed by atoms with Crippen LogP contribution in [0.3, 0.4) is 0 Å². The maximum atomic E-state index is 7.74. The molecule has 0 aliphatic carbocycles. The molecule has 0 bridgehead atoms. The van der Waals surface area contributed by atoms with Gasteiger partial charge in [-0.1, -0.05) is 0 Å². The van der Waals surface area contributed by atoms with E-state index in [1.165, 1.54) is 73.6 Å². The molecule has 1 saturated heterocycles. The average molecular weight is 708 g/mol. The number of ether oxygens (including phenoxy) is 2. The van der Waals surface area contributed by atoms with Crippen molar-refractivity contribution < 1.29 is 12.5 Å². The molecular formula is C31H50O3Sn2. The van der Waals surface area contributed by atoms with E-state index in [9.17, 15) is 0 Å². The predicted molar refractivity (Wildman–Crippen MR) is 158 cm³/mol. The summed E-state index contributed by atoms with van der Waals surface area (Å²) in [5.74, 6) is 0.716.